The number of nitrogens with zero attached hydrogens (tertiary/aromatic N) is 1. The summed E-state index contributed by atoms with van der Waals surface area (Å²) in [7, 11) is 0. The molecule has 0 aliphatic carbocycles. The molecule has 1 saturated heterocycles. The van der Waals surface area contributed by atoms with Crippen LogP contribution < -0.4 is 15.8 Å². The maximum Gasteiger partial charge on any atom is 0.422 e. The van der Waals surface area contributed by atoms with E-state index in [0.29, 0.717) is 31.6 Å². The van der Waals surface area contributed by atoms with Gasteiger partial charge in [-0.15, -0.1) is 24.8 Å². The number of halogens is 5. The fourth-order valence-corrected chi connectivity index (χ4v) is 2.12. The van der Waals surface area contributed by atoms with E-state index >= 15 is 0 Å². The molecule has 1 aliphatic heterocycles. The van der Waals surface area contributed by atoms with Crippen LogP contribution in [0.25, 0.3) is 0 Å². The Kier molecular flexibility index (Phi) is 9.49. The molecule has 1 amide bonds. The summed E-state index contributed by atoms with van der Waals surface area (Å²) in [6, 6.07) is 2.92. The molecular formula is C14H20Cl2F3N3O3. The lowest BCUT2D eigenvalue weighted by Gasteiger charge is -2.31. The van der Waals surface area contributed by atoms with Crippen LogP contribution in [0, 0.1) is 0 Å². The number of rotatable bonds is 5. The summed E-state index contributed by atoms with van der Waals surface area (Å²) in [4.78, 5) is 15.8. The lowest BCUT2D eigenvalue weighted by atomic mass is 9.90. The lowest BCUT2D eigenvalue weighted by Crippen LogP contribution is -2.56. The molecule has 1 fully saturated rings. The molecule has 2 heterocycles. The van der Waals surface area contributed by atoms with Gasteiger partial charge in [-0.05, 0) is 24.5 Å². The first-order valence-electron chi connectivity index (χ1n) is 7.08. The Bertz CT molecular complexity index is 556. The highest BCUT2D eigenvalue weighted by atomic mass is 35.5. The summed E-state index contributed by atoms with van der Waals surface area (Å²) in [5, 5.41) is 2.68. The van der Waals surface area contributed by atoms with Crippen molar-refractivity contribution < 1.29 is 27.4 Å². The minimum absolute atomic E-state index is 0. The third-order valence-corrected chi connectivity index (χ3v) is 3.47. The number of hydrogen-bond acceptors (Lipinski definition) is 5. The molecule has 0 unspecified atom stereocenters. The van der Waals surface area contributed by atoms with Crippen molar-refractivity contribution in [1.29, 1.82) is 0 Å². The number of nitrogens with two attached hydrogens (primary N) is 1. The SMILES string of the molecule is Cl.Cl.NC1(C(=O)NCc2ccnc(OCC(F)(F)F)c2)CCOCC1. The maximum atomic E-state index is 12.1. The number of ether oxygens (including phenoxy) is 2. The van der Waals surface area contributed by atoms with Crippen molar-refractivity contribution in [2.45, 2.75) is 31.1 Å². The van der Waals surface area contributed by atoms with Crippen molar-refractivity contribution in [2.24, 2.45) is 5.73 Å². The van der Waals surface area contributed by atoms with Crippen LogP contribution in [0.4, 0.5) is 13.2 Å². The van der Waals surface area contributed by atoms with Crippen LogP contribution in [0.1, 0.15) is 18.4 Å². The molecule has 6 nitrogen and oxygen atoms in total. The van der Waals surface area contributed by atoms with Gasteiger partial charge in [0.05, 0.1) is 5.54 Å². The summed E-state index contributed by atoms with van der Waals surface area (Å²) in [5.41, 5.74) is 5.64. The van der Waals surface area contributed by atoms with E-state index in [1.165, 1.54) is 12.3 Å². The highest BCUT2D eigenvalue weighted by Gasteiger charge is 2.35. The number of carbonyl (C=O) groups is 1. The number of amides is 1. The van der Waals surface area contributed by atoms with Crippen LogP contribution in [0.5, 0.6) is 5.88 Å². The molecule has 0 bridgehead atoms. The van der Waals surface area contributed by atoms with E-state index < -0.39 is 18.3 Å². The predicted octanol–water partition coefficient (Wildman–Crippen LogP) is 1.99. The van der Waals surface area contributed by atoms with E-state index in [1.54, 1.807) is 6.07 Å². The summed E-state index contributed by atoms with van der Waals surface area (Å²) in [6.07, 6.45) is -2.26. The largest absolute Gasteiger partial charge is 0.468 e. The number of carbonyl (C=O) groups excluding carboxylic acids is 1. The smallest absolute Gasteiger partial charge is 0.422 e. The number of pyridine rings is 1. The van der Waals surface area contributed by atoms with Crippen LogP contribution >= 0.6 is 24.8 Å². The number of aromatic nitrogens is 1. The molecule has 25 heavy (non-hydrogen) atoms. The molecule has 0 saturated carbocycles. The normalized spacial score (nSPS) is 16.2. The monoisotopic (exact) mass is 405 g/mol. The van der Waals surface area contributed by atoms with E-state index in [4.69, 9.17) is 10.5 Å². The molecule has 0 radical (unpaired) electrons. The molecule has 144 valence electrons. The van der Waals surface area contributed by atoms with Gasteiger partial charge in [0.15, 0.2) is 6.61 Å². The maximum absolute atomic E-state index is 12.1. The van der Waals surface area contributed by atoms with Gasteiger partial charge in [0.1, 0.15) is 0 Å². The van der Waals surface area contributed by atoms with E-state index in [-0.39, 0.29) is 43.1 Å². The van der Waals surface area contributed by atoms with Gasteiger partial charge >= 0.3 is 6.18 Å². The van der Waals surface area contributed by atoms with Gasteiger partial charge in [0.2, 0.25) is 11.8 Å². The van der Waals surface area contributed by atoms with Gasteiger partial charge in [0.25, 0.3) is 0 Å². The first kappa shape index (κ1) is 23.7. The van der Waals surface area contributed by atoms with Crippen molar-refractivity contribution in [2.75, 3.05) is 19.8 Å². The molecule has 11 heteroatoms. The second kappa shape index (κ2) is 10.0. The Morgan fingerprint density at radius 1 is 1.36 bits per heavy atom. The minimum Gasteiger partial charge on any atom is -0.468 e. The van der Waals surface area contributed by atoms with E-state index in [2.05, 4.69) is 15.0 Å². The quantitative estimate of drug-likeness (QED) is 0.781. The summed E-state index contributed by atoms with van der Waals surface area (Å²) < 4.78 is 46.1. The average Bonchev–Trinajstić information content (AvgIpc) is 2.51. The fraction of sp³-hybridized carbons (Fsp3) is 0.571. The zero-order chi connectivity index (χ0) is 16.9. The summed E-state index contributed by atoms with van der Waals surface area (Å²) in [6.45, 7) is -0.436. The third-order valence-electron chi connectivity index (χ3n) is 3.47. The third kappa shape index (κ3) is 7.64. The zero-order valence-electron chi connectivity index (χ0n) is 13.2. The van der Waals surface area contributed by atoms with Gasteiger partial charge in [-0.1, -0.05) is 0 Å². The van der Waals surface area contributed by atoms with Crippen LogP contribution in [0.15, 0.2) is 18.3 Å². The molecule has 1 aliphatic rings. The van der Waals surface area contributed by atoms with E-state index in [0.717, 1.165) is 0 Å². The van der Waals surface area contributed by atoms with Crippen LogP contribution in [-0.4, -0.2) is 42.4 Å². The summed E-state index contributed by atoms with van der Waals surface area (Å²) in [5.74, 6) is -0.460. The Morgan fingerprint density at radius 3 is 2.60 bits per heavy atom. The molecule has 0 aromatic carbocycles. The fourth-order valence-electron chi connectivity index (χ4n) is 2.12. The predicted molar refractivity (Wildman–Crippen MR) is 89.1 cm³/mol. The standard InChI is InChI=1S/C14H18F3N3O3.2ClH/c15-14(16,17)9-23-11-7-10(1-4-19-11)8-20-12(21)13(18)2-5-22-6-3-13;;/h1,4,7H,2-3,5-6,8-9,18H2,(H,20,21);2*1H. The highest BCUT2D eigenvalue weighted by molar-refractivity contribution is 5.86. The Hall–Kier alpha value is -1.29. The molecule has 1 aromatic rings. The molecule has 3 N–H and O–H groups in total. The van der Waals surface area contributed by atoms with Gasteiger partial charge < -0.3 is 20.5 Å². The van der Waals surface area contributed by atoms with Crippen LogP contribution in [0.3, 0.4) is 0 Å². The second-order valence-corrected chi connectivity index (χ2v) is 5.36. The second-order valence-electron chi connectivity index (χ2n) is 5.36. The van der Waals surface area contributed by atoms with Crippen LogP contribution in [-0.2, 0) is 16.1 Å². The first-order chi connectivity index (χ1) is 10.8. The molecule has 0 atom stereocenters. The van der Waals surface area contributed by atoms with E-state index in [1.807, 2.05) is 0 Å². The minimum atomic E-state index is -4.43. The Balaban J connectivity index is 0.00000288. The highest BCUT2D eigenvalue weighted by Crippen LogP contribution is 2.19. The topological polar surface area (TPSA) is 86.5 Å². The Morgan fingerprint density at radius 2 is 2.00 bits per heavy atom. The van der Waals surface area contributed by atoms with E-state index in [9.17, 15) is 18.0 Å². The van der Waals surface area contributed by atoms with Crippen LogP contribution in [0.2, 0.25) is 0 Å². The van der Waals surface area contributed by atoms with Gasteiger partial charge in [0, 0.05) is 32.0 Å². The van der Waals surface area contributed by atoms with Crippen molar-refractivity contribution in [3.63, 3.8) is 0 Å². The number of alkyl halides is 3. The van der Waals surface area contributed by atoms with Gasteiger partial charge in [-0.2, -0.15) is 13.2 Å². The van der Waals surface area contributed by atoms with Crippen molar-refractivity contribution in [3.05, 3.63) is 23.9 Å². The lowest BCUT2D eigenvalue weighted by molar-refractivity contribution is -0.154. The zero-order valence-corrected chi connectivity index (χ0v) is 14.8. The molecule has 1 aromatic heterocycles. The average molecular weight is 406 g/mol. The first-order valence-corrected chi connectivity index (χ1v) is 7.08. The van der Waals surface area contributed by atoms with Crippen molar-refractivity contribution in [1.82, 2.24) is 10.3 Å². The van der Waals surface area contributed by atoms with Crippen molar-refractivity contribution in [3.8, 4) is 5.88 Å². The molecule has 0 spiro atoms. The number of nitrogens with one attached hydrogen (secondary N) is 1. The Labute approximate surface area is 155 Å². The molecular weight excluding hydrogens is 386 g/mol. The molecule has 2 rings (SSSR count). The number of hydrogen-bond donors (Lipinski definition) is 2. The van der Waals surface area contributed by atoms with Crippen molar-refractivity contribution >= 4 is 30.7 Å². The van der Waals surface area contributed by atoms with Gasteiger partial charge in [-0.25, -0.2) is 4.98 Å². The summed E-state index contributed by atoms with van der Waals surface area (Å²) >= 11 is 0. The van der Waals surface area contributed by atoms with Gasteiger partial charge in [-0.3, -0.25) is 4.79 Å².